The first-order valence-electron chi connectivity index (χ1n) is 4.67. The van der Waals surface area contributed by atoms with Crippen LogP contribution in [0, 0.1) is 0 Å². The summed E-state index contributed by atoms with van der Waals surface area (Å²) >= 11 is 7.88. The number of benzene rings is 2. The summed E-state index contributed by atoms with van der Waals surface area (Å²) in [4.78, 5) is 2.42. The Labute approximate surface area is 120 Å². The number of hydrogen-bond donors (Lipinski definition) is 1. The van der Waals surface area contributed by atoms with Crippen LogP contribution in [0.4, 0.5) is 11.4 Å². The third-order valence-electron chi connectivity index (χ3n) is 2.34. The number of rotatable bonds is 0. The van der Waals surface area contributed by atoms with Crippen LogP contribution in [-0.4, -0.2) is 23.1 Å². The maximum Gasteiger partial charge on any atom is 0.316 e. The van der Waals surface area contributed by atoms with E-state index in [1.165, 1.54) is 9.79 Å². The zero-order valence-electron chi connectivity index (χ0n) is 7.83. The Bertz CT molecular complexity index is 530. The third-order valence-corrected chi connectivity index (χ3v) is 3.79. The van der Waals surface area contributed by atoms with Crippen molar-refractivity contribution in [1.29, 1.82) is 0 Å². The lowest BCUT2D eigenvalue weighted by atomic mass is 10.2. The molecule has 2 aromatic rings. The van der Waals surface area contributed by atoms with E-state index in [1.54, 1.807) is 11.8 Å². The fourth-order valence-electron chi connectivity index (χ4n) is 1.62. The highest BCUT2D eigenvalue weighted by atomic mass is 35.5. The second-order valence-electron chi connectivity index (χ2n) is 3.34. The first-order chi connectivity index (χ1) is 7.34. The smallest absolute Gasteiger partial charge is 0.316 e. The highest BCUT2D eigenvalue weighted by molar-refractivity contribution is 7.99. The minimum atomic E-state index is 0. The molecule has 0 atom stereocenters. The number of fused-ring (bicyclic) bond motifs is 2. The van der Waals surface area contributed by atoms with Gasteiger partial charge >= 0.3 is 23.1 Å². The number of hydrogen-bond acceptors (Lipinski definition) is 2. The normalized spacial score (nSPS) is 11.8. The van der Waals surface area contributed by atoms with Crippen molar-refractivity contribution in [2.24, 2.45) is 0 Å². The second-order valence-corrected chi connectivity index (χ2v) is 4.83. The molecule has 1 N–H and O–H groups in total. The van der Waals surface area contributed by atoms with Crippen molar-refractivity contribution in [2.45, 2.75) is 9.79 Å². The predicted octanol–water partition coefficient (Wildman–Crippen LogP) is 3.63. The maximum absolute atomic E-state index is 6.13. The van der Waals surface area contributed by atoms with Crippen molar-refractivity contribution in [2.75, 3.05) is 5.32 Å². The van der Waals surface area contributed by atoms with Crippen LogP contribution >= 0.6 is 23.4 Å². The van der Waals surface area contributed by atoms with Crippen molar-refractivity contribution in [3.8, 4) is 0 Å². The van der Waals surface area contributed by atoms with Gasteiger partial charge in [0, 0.05) is 9.79 Å². The minimum absolute atomic E-state index is 0. The Morgan fingerprint density at radius 1 is 0.938 bits per heavy atom. The zero-order valence-corrected chi connectivity index (χ0v) is 9.40. The monoisotopic (exact) mass is 259 g/mol. The van der Waals surface area contributed by atoms with E-state index < -0.39 is 0 Å². The topological polar surface area (TPSA) is 12.0 Å². The molecule has 3 rings (SSSR count). The largest absolute Gasteiger partial charge is 0.352 e. The van der Waals surface area contributed by atoms with Gasteiger partial charge in [-0.3, -0.25) is 0 Å². The number of para-hydroxylation sites is 2. The second kappa shape index (κ2) is 4.88. The molecule has 2 aromatic carbocycles. The van der Waals surface area contributed by atoms with Crippen molar-refractivity contribution in [3.05, 3.63) is 47.5 Å². The molecular formula is C12H10ClMgNS. The lowest BCUT2D eigenvalue weighted by Crippen LogP contribution is -1.99. The van der Waals surface area contributed by atoms with Crippen LogP contribution in [0.5, 0.6) is 0 Å². The molecule has 0 saturated heterocycles. The predicted molar refractivity (Wildman–Crippen MR) is 73.8 cm³/mol. The molecule has 1 aliphatic heterocycles. The first-order valence-corrected chi connectivity index (χ1v) is 5.86. The summed E-state index contributed by atoms with van der Waals surface area (Å²) in [5.74, 6) is 0. The van der Waals surface area contributed by atoms with E-state index in [4.69, 9.17) is 11.6 Å². The Kier molecular flexibility index (Phi) is 3.69. The van der Waals surface area contributed by atoms with Crippen LogP contribution in [0.3, 0.4) is 0 Å². The van der Waals surface area contributed by atoms with E-state index in [9.17, 15) is 0 Å². The quantitative estimate of drug-likeness (QED) is 0.619. The Balaban J connectivity index is 0.000000963. The van der Waals surface area contributed by atoms with Gasteiger partial charge in [0.05, 0.1) is 16.4 Å². The Morgan fingerprint density at radius 2 is 1.69 bits per heavy atom. The van der Waals surface area contributed by atoms with Crippen molar-refractivity contribution in [1.82, 2.24) is 0 Å². The molecule has 4 heteroatoms. The lowest BCUT2D eigenvalue weighted by Gasteiger charge is -2.21. The van der Waals surface area contributed by atoms with Gasteiger partial charge in [0.2, 0.25) is 0 Å². The van der Waals surface area contributed by atoms with Gasteiger partial charge in [-0.1, -0.05) is 41.6 Å². The summed E-state index contributed by atoms with van der Waals surface area (Å²) in [6.07, 6.45) is 0. The molecule has 0 saturated carbocycles. The molecule has 1 heterocycles. The summed E-state index contributed by atoms with van der Waals surface area (Å²) in [6.45, 7) is 0. The minimum Gasteiger partial charge on any atom is -0.352 e. The molecule has 0 amide bonds. The van der Waals surface area contributed by atoms with Gasteiger partial charge in [-0.15, -0.1) is 0 Å². The molecule has 1 aliphatic rings. The van der Waals surface area contributed by atoms with E-state index in [1.807, 2.05) is 24.3 Å². The van der Waals surface area contributed by atoms with E-state index in [-0.39, 0.29) is 23.1 Å². The summed E-state index contributed by atoms with van der Waals surface area (Å²) in [6, 6.07) is 14.2. The number of halogens is 1. The van der Waals surface area contributed by atoms with E-state index in [0.717, 1.165) is 16.4 Å². The number of nitrogens with one attached hydrogen (secondary N) is 1. The van der Waals surface area contributed by atoms with Gasteiger partial charge in [0.25, 0.3) is 0 Å². The van der Waals surface area contributed by atoms with E-state index >= 15 is 0 Å². The summed E-state index contributed by atoms with van der Waals surface area (Å²) in [7, 11) is 0. The van der Waals surface area contributed by atoms with Gasteiger partial charge in [-0.2, -0.15) is 0 Å². The fraction of sp³-hybridized carbons (Fsp3) is 0. The molecule has 16 heavy (non-hydrogen) atoms. The van der Waals surface area contributed by atoms with Gasteiger partial charge in [0.1, 0.15) is 0 Å². The molecular weight excluding hydrogens is 250 g/mol. The van der Waals surface area contributed by atoms with E-state index in [2.05, 4.69) is 23.5 Å². The van der Waals surface area contributed by atoms with Crippen LogP contribution in [0.1, 0.15) is 0 Å². The fourth-order valence-corrected chi connectivity index (χ4v) is 2.92. The average Bonchev–Trinajstić information content (AvgIpc) is 2.27. The summed E-state index contributed by atoms with van der Waals surface area (Å²) in [5, 5.41) is 4.13. The first kappa shape index (κ1) is 12.1. The van der Waals surface area contributed by atoms with Crippen molar-refractivity contribution >= 4 is 57.8 Å². The Morgan fingerprint density at radius 3 is 2.56 bits per heavy atom. The van der Waals surface area contributed by atoms with Gasteiger partial charge in [-0.25, -0.2) is 0 Å². The number of anilines is 2. The molecule has 1 nitrogen and oxygen atoms in total. The standard InChI is InChI=1S/C12H8ClNS.Mg.2H/c13-8-4-3-7-11-12(8)14-9-5-1-2-6-10(9)15-11;;;/h1-7,14H;;;. The van der Waals surface area contributed by atoms with Gasteiger partial charge in [0.15, 0.2) is 0 Å². The summed E-state index contributed by atoms with van der Waals surface area (Å²) < 4.78 is 0. The van der Waals surface area contributed by atoms with Crippen LogP contribution in [0.25, 0.3) is 0 Å². The molecule has 0 radical (unpaired) electrons. The average molecular weight is 260 g/mol. The molecule has 0 bridgehead atoms. The molecule has 0 spiro atoms. The van der Waals surface area contributed by atoms with Gasteiger partial charge < -0.3 is 5.32 Å². The van der Waals surface area contributed by atoms with E-state index in [0.29, 0.717) is 0 Å². The summed E-state index contributed by atoms with van der Waals surface area (Å²) in [5.41, 5.74) is 2.14. The molecule has 78 valence electrons. The van der Waals surface area contributed by atoms with Gasteiger partial charge in [-0.05, 0) is 24.3 Å². The lowest BCUT2D eigenvalue weighted by molar-refractivity contribution is 1.32. The van der Waals surface area contributed by atoms with Crippen LogP contribution in [-0.2, 0) is 0 Å². The van der Waals surface area contributed by atoms with Crippen molar-refractivity contribution in [3.63, 3.8) is 0 Å². The molecule has 0 aromatic heterocycles. The zero-order chi connectivity index (χ0) is 10.3. The molecule has 0 fully saturated rings. The van der Waals surface area contributed by atoms with Crippen LogP contribution in [0.2, 0.25) is 5.02 Å². The Hall–Kier alpha value is -0.354. The maximum atomic E-state index is 6.13. The SMILES string of the molecule is Clc1cccc2c1Nc1ccccc1S2.[MgH2]. The molecule has 0 unspecified atom stereocenters. The van der Waals surface area contributed by atoms with Crippen LogP contribution < -0.4 is 5.32 Å². The van der Waals surface area contributed by atoms with Crippen molar-refractivity contribution < 1.29 is 0 Å². The third kappa shape index (κ3) is 2.05. The van der Waals surface area contributed by atoms with Crippen LogP contribution in [0.15, 0.2) is 52.3 Å². The highest BCUT2D eigenvalue weighted by Gasteiger charge is 2.16. The molecule has 0 aliphatic carbocycles. The highest BCUT2D eigenvalue weighted by Crippen LogP contribution is 2.46.